The average Bonchev–Trinajstić information content (AvgIpc) is 3.17. The molecule has 0 aliphatic heterocycles. The van der Waals surface area contributed by atoms with E-state index in [4.69, 9.17) is 0 Å². The van der Waals surface area contributed by atoms with E-state index in [0.29, 0.717) is 6.04 Å². The van der Waals surface area contributed by atoms with Crippen LogP contribution in [0.2, 0.25) is 0 Å². The third kappa shape index (κ3) is 4.90. The van der Waals surface area contributed by atoms with Crippen molar-refractivity contribution < 1.29 is 4.39 Å². The molecule has 1 saturated carbocycles. The van der Waals surface area contributed by atoms with Crippen molar-refractivity contribution in [2.75, 3.05) is 0 Å². The quantitative estimate of drug-likeness (QED) is 0.490. The molecule has 4 rings (SSSR count). The monoisotopic (exact) mass is 376 g/mol. The molecule has 0 bridgehead atoms. The SMILES string of the molecule is Fc1ccc(Cn2cccc2CN(Cc2ccccc2)C2CCCCC2)cc1. The zero-order chi connectivity index (χ0) is 19.2. The minimum Gasteiger partial charge on any atom is -0.346 e. The van der Waals surface area contributed by atoms with Crippen LogP contribution in [0.3, 0.4) is 0 Å². The molecule has 2 aromatic carbocycles. The van der Waals surface area contributed by atoms with Gasteiger partial charge >= 0.3 is 0 Å². The van der Waals surface area contributed by atoms with Crippen molar-refractivity contribution >= 4 is 0 Å². The first kappa shape index (κ1) is 18.9. The van der Waals surface area contributed by atoms with E-state index in [1.807, 2.05) is 12.1 Å². The topological polar surface area (TPSA) is 8.17 Å². The number of aromatic nitrogens is 1. The highest BCUT2D eigenvalue weighted by Crippen LogP contribution is 2.26. The summed E-state index contributed by atoms with van der Waals surface area (Å²) in [5.74, 6) is -0.178. The predicted molar refractivity (Wildman–Crippen MR) is 112 cm³/mol. The summed E-state index contributed by atoms with van der Waals surface area (Å²) in [6.45, 7) is 2.73. The Morgan fingerprint density at radius 3 is 2.29 bits per heavy atom. The maximum atomic E-state index is 13.2. The summed E-state index contributed by atoms with van der Waals surface area (Å²) >= 11 is 0. The zero-order valence-electron chi connectivity index (χ0n) is 16.4. The fourth-order valence-electron chi connectivity index (χ4n) is 4.32. The lowest BCUT2D eigenvalue weighted by molar-refractivity contribution is 0.137. The van der Waals surface area contributed by atoms with Crippen LogP contribution in [0.1, 0.15) is 48.9 Å². The summed E-state index contributed by atoms with van der Waals surface area (Å²) in [6, 6.07) is 22.7. The smallest absolute Gasteiger partial charge is 0.123 e. The third-order valence-corrected chi connectivity index (χ3v) is 5.87. The largest absolute Gasteiger partial charge is 0.346 e. The second-order valence-corrected chi connectivity index (χ2v) is 7.94. The molecular weight excluding hydrogens is 347 g/mol. The third-order valence-electron chi connectivity index (χ3n) is 5.87. The van der Waals surface area contributed by atoms with Crippen LogP contribution in [-0.4, -0.2) is 15.5 Å². The molecule has 1 heterocycles. The van der Waals surface area contributed by atoms with Gasteiger partial charge < -0.3 is 4.57 Å². The van der Waals surface area contributed by atoms with Gasteiger partial charge in [0.2, 0.25) is 0 Å². The number of nitrogens with zero attached hydrogens (tertiary/aromatic N) is 2. The Balaban J connectivity index is 1.51. The lowest BCUT2D eigenvalue weighted by Crippen LogP contribution is -2.36. The van der Waals surface area contributed by atoms with Crippen molar-refractivity contribution in [1.82, 2.24) is 9.47 Å². The molecule has 28 heavy (non-hydrogen) atoms. The first-order chi connectivity index (χ1) is 13.8. The van der Waals surface area contributed by atoms with Gasteiger partial charge in [0.05, 0.1) is 0 Å². The van der Waals surface area contributed by atoms with Crippen molar-refractivity contribution in [2.24, 2.45) is 0 Å². The molecule has 0 amide bonds. The summed E-state index contributed by atoms with van der Waals surface area (Å²) in [6.07, 6.45) is 8.78. The first-order valence-electron chi connectivity index (χ1n) is 10.4. The zero-order valence-corrected chi connectivity index (χ0v) is 16.4. The Bertz CT molecular complexity index is 848. The Morgan fingerprint density at radius 2 is 1.54 bits per heavy atom. The van der Waals surface area contributed by atoms with Crippen LogP contribution < -0.4 is 0 Å². The van der Waals surface area contributed by atoms with Crippen molar-refractivity contribution in [3.63, 3.8) is 0 Å². The van der Waals surface area contributed by atoms with Crippen LogP contribution in [0.5, 0.6) is 0 Å². The molecule has 0 spiro atoms. The van der Waals surface area contributed by atoms with Gasteiger partial charge in [-0.25, -0.2) is 4.39 Å². The Hall–Kier alpha value is -2.39. The lowest BCUT2D eigenvalue weighted by Gasteiger charge is -2.34. The molecule has 1 aromatic heterocycles. The number of halogens is 1. The molecule has 1 aliphatic carbocycles. The molecule has 1 aliphatic rings. The predicted octanol–water partition coefficient (Wildman–Crippen LogP) is 6.01. The fraction of sp³-hybridized carbons (Fsp3) is 0.360. The molecule has 146 valence electrons. The highest BCUT2D eigenvalue weighted by atomic mass is 19.1. The maximum absolute atomic E-state index is 13.2. The van der Waals surface area contributed by atoms with E-state index in [2.05, 4.69) is 58.1 Å². The highest BCUT2D eigenvalue weighted by molar-refractivity contribution is 5.19. The van der Waals surface area contributed by atoms with Gasteiger partial charge in [-0.1, -0.05) is 61.7 Å². The fourth-order valence-corrected chi connectivity index (χ4v) is 4.32. The van der Waals surface area contributed by atoms with Crippen LogP contribution in [0.15, 0.2) is 72.9 Å². The van der Waals surface area contributed by atoms with E-state index in [-0.39, 0.29) is 5.82 Å². The minimum atomic E-state index is -0.178. The van der Waals surface area contributed by atoms with Gasteiger partial charge in [0.25, 0.3) is 0 Å². The van der Waals surface area contributed by atoms with Crippen molar-refractivity contribution in [3.8, 4) is 0 Å². The molecule has 0 atom stereocenters. The second-order valence-electron chi connectivity index (χ2n) is 7.94. The van der Waals surface area contributed by atoms with Crippen molar-refractivity contribution in [2.45, 2.75) is 57.8 Å². The number of hydrogen-bond donors (Lipinski definition) is 0. The van der Waals surface area contributed by atoms with E-state index in [0.717, 1.165) is 25.2 Å². The second kappa shape index (κ2) is 9.20. The van der Waals surface area contributed by atoms with Gasteiger partial charge in [-0.2, -0.15) is 0 Å². The van der Waals surface area contributed by atoms with E-state index in [9.17, 15) is 4.39 Å². The lowest BCUT2D eigenvalue weighted by atomic mass is 9.93. The first-order valence-corrected chi connectivity index (χ1v) is 10.4. The molecule has 3 aromatic rings. The van der Waals surface area contributed by atoms with E-state index in [1.165, 1.54) is 43.4 Å². The molecule has 0 radical (unpaired) electrons. The summed E-state index contributed by atoms with van der Waals surface area (Å²) in [7, 11) is 0. The summed E-state index contributed by atoms with van der Waals surface area (Å²) in [5, 5.41) is 0. The van der Waals surface area contributed by atoms with E-state index < -0.39 is 0 Å². The number of benzene rings is 2. The van der Waals surface area contributed by atoms with Crippen LogP contribution in [0.25, 0.3) is 0 Å². The average molecular weight is 377 g/mol. The van der Waals surface area contributed by atoms with Gasteiger partial charge in [-0.3, -0.25) is 4.90 Å². The summed E-state index contributed by atoms with van der Waals surface area (Å²) in [5.41, 5.74) is 3.83. The molecule has 1 fully saturated rings. The van der Waals surface area contributed by atoms with Crippen molar-refractivity contribution in [3.05, 3.63) is 95.6 Å². The van der Waals surface area contributed by atoms with E-state index >= 15 is 0 Å². The maximum Gasteiger partial charge on any atom is 0.123 e. The van der Waals surface area contributed by atoms with Crippen molar-refractivity contribution in [1.29, 1.82) is 0 Å². The molecule has 0 saturated heterocycles. The van der Waals surface area contributed by atoms with Gasteiger partial charge in [0.1, 0.15) is 5.82 Å². The molecule has 0 N–H and O–H groups in total. The van der Waals surface area contributed by atoms with Gasteiger partial charge in [-0.05, 0) is 48.2 Å². The van der Waals surface area contributed by atoms with Crippen LogP contribution >= 0.6 is 0 Å². The van der Waals surface area contributed by atoms with Gasteiger partial charge in [0.15, 0.2) is 0 Å². The summed E-state index contributed by atoms with van der Waals surface area (Å²) in [4.78, 5) is 2.66. The number of hydrogen-bond acceptors (Lipinski definition) is 1. The normalized spacial score (nSPS) is 15.2. The molecule has 2 nitrogen and oxygen atoms in total. The Labute approximate surface area is 167 Å². The number of rotatable bonds is 7. The Kier molecular flexibility index (Phi) is 6.23. The standard InChI is InChI=1S/C25H29FN2/c26-23-15-13-22(14-16-23)18-27-17-7-12-25(27)20-28(24-10-5-2-6-11-24)19-21-8-3-1-4-9-21/h1,3-4,7-9,12-17,24H,2,5-6,10-11,18-20H2. The molecule has 0 unspecified atom stereocenters. The van der Waals surface area contributed by atoms with Crippen LogP contribution in [-0.2, 0) is 19.6 Å². The Morgan fingerprint density at radius 1 is 0.786 bits per heavy atom. The van der Waals surface area contributed by atoms with Crippen LogP contribution in [0.4, 0.5) is 4.39 Å². The summed E-state index contributed by atoms with van der Waals surface area (Å²) < 4.78 is 15.5. The highest BCUT2D eigenvalue weighted by Gasteiger charge is 2.22. The van der Waals surface area contributed by atoms with Gasteiger partial charge in [0, 0.05) is 37.6 Å². The van der Waals surface area contributed by atoms with Gasteiger partial charge in [-0.15, -0.1) is 0 Å². The minimum absolute atomic E-state index is 0.178. The molecule has 3 heteroatoms. The van der Waals surface area contributed by atoms with E-state index in [1.54, 1.807) is 12.1 Å². The molecular formula is C25H29FN2. The van der Waals surface area contributed by atoms with Crippen LogP contribution in [0, 0.1) is 5.82 Å².